The third-order valence-electron chi connectivity index (χ3n) is 6.49. The summed E-state index contributed by atoms with van der Waals surface area (Å²) in [6, 6.07) is 21.9. The lowest BCUT2D eigenvalue weighted by molar-refractivity contribution is -0.128. The van der Waals surface area contributed by atoms with Crippen molar-refractivity contribution >= 4 is 34.5 Å². The van der Waals surface area contributed by atoms with E-state index in [-0.39, 0.29) is 18.0 Å². The lowest BCUT2D eigenvalue weighted by atomic mass is 9.98. The molecule has 2 amide bonds. The molecule has 4 rings (SSSR count). The number of para-hydroxylation sites is 1. The molecule has 1 heterocycles. The first-order chi connectivity index (χ1) is 18.2. The van der Waals surface area contributed by atoms with E-state index in [2.05, 4.69) is 15.6 Å². The molecule has 38 heavy (non-hydrogen) atoms. The summed E-state index contributed by atoms with van der Waals surface area (Å²) in [7, 11) is 1.29. The quantitative estimate of drug-likeness (QED) is 0.335. The number of amides is 2. The van der Waals surface area contributed by atoms with Gasteiger partial charge in [-0.2, -0.15) is 0 Å². The summed E-state index contributed by atoms with van der Waals surface area (Å²) < 4.78 is 6.40. The largest absolute Gasteiger partial charge is 0.465 e. The Hall–Kier alpha value is -4.53. The number of rotatable bonds is 9. The lowest BCUT2D eigenvalue weighted by Gasteiger charge is -2.34. The molecule has 0 spiro atoms. The number of fused-ring (bicyclic) bond motifs is 1. The van der Waals surface area contributed by atoms with Crippen LogP contribution in [0.1, 0.15) is 49.2 Å². The number of nitrogens with zero attached hydrogens (tertiary/aromatic N) is 4. The maximum atomic E-state index is 14.1. The molecule has 1 atom stereocenters. The van der Waals surface area contributed by atoms with Gasteiger partial charge in [-0.15, -0.1) is 5.10 Å². The van der Waals surface area contributed by atoms with Crippen molar-refractivity contribution in [2.75, 3.05) is 12.0 Å². The van der Waals surface area contributed by atoms with Gasteiger partial charge in [-0.05, 0) is 56.2 Å². The summed E-state index contributed by atoms with van der Waals surface area (Å²) in [4.78, 5) is 41.7. The highest BCUT2D eigenvalue weighted by atomic mass is 16.5. The van der Waals surface area contributed by atoms with E-state index in [1.54, 1.807) is 36.4 Å². The van der Waals surface area contributed by atoms with E-state index in [9.17, 15) is 14.4 Å². The Labute approximate surface area is 221 Å². The van der Waals surface area contributed by atoms with Crippen molar-refractivity contribution in [3.05, 3.63) is 90.0 Å². The predicted octanol–water partition coefficient (Wildman–Crippen LogP) is 4.30. The van der Waals surface area contributed by atoms with Crippen molar-refractivity contribution in [2.45, 2.75) is 45.3 Å². The summed E-state index contributed by atoms with van der Waals surface area (Å²) in [6.45, 7) is 5.67. The summed E-state index contributed by atoms with van der Waals surface area (Å²) >= 11 is 0. The first-order valence-electron chi connectivity index (χ1n) is 12.4. The van der Waals surface area contributed by atoms with Crippen molar-refractivity contribution in [3.8, 4) is 0 Å². The highest BCUT2D eigenvalue weighted by Crippen LogP contribution is 2.30. The van der Waals surface area contributed by atoms with Gasteiger partial charge in [0.2, 0.25) is 11.8 Å². The average molecular weight is 514 g/mol. The minimum absolute atomic E-state index is 0.170. The maximum Gasteiger partial charge on any atom is 0.337 e. The van der Waals surface area contributed by atoms with Crippen LogP contribution in [-0.2, 0) is 20.9 Å². The standard InChI is InChI=1S/C29H31N5O4/c1-5-29(2,3)30-27(36)26(20-12-7-6-8-13-20)34(22-15-11-14-21(18-22)28(37)38-4)25(35)19-33-24-17-10-9-16-23(24)31-32-33/h6-18,26H,5,19H2,1-4H3,(H,30,36)/t26-/m1/s1. The molecule has 4 aromatic rings. The van der Waals surface area contributed by atoms with Gasteiger partial charge in [0, 0.05) is 11.2 Å². The van der Waals surface area contributed by atoms with E-state index in [4.69, 9.17) is 4.74 Å². The number of aromatic nitrogens is 3. The number of methoxy groups -OCH3 is 1. The normalized spacial score (nSPS) is 12.1. The molecule has 0 fully saturated rings. The molecular formula is C29H31N5O4. The number of anilines is 1. The molecule has 0 bridgehead atoms. The fourth-order valence-corrected chi connectivity index (χ4v) is 4.12. The molecule has 0 aliphatic heterocycles. The monoisotopic (exact) mass is 513 g/mol. The molecule has 196 valence electrons. The Morgan fingerprint density at radius 1 is 1.00 bits per heavy atom. The predicted molar refractivity (Wildman–Crippen MR) is 144 cm³/mol. The molecule has 0 aliphatic carbocycles. The number of benzene rings is 3. The maximum absolute atomic E-state index is 14.1. The van der Waals surface area contributed by atoms with E-state index < -0.39 is 23.5 Å². The van der Waals surface area contributed by atoms with Gasteiger partial charge in [0.05, 0.1) is 18.2 Å². The Morgan fingerprint density at radius 3 is 2.42 bits per heavy atom. The highest BCUT2D eigenvalue weighted by Gasteiger charge is 2.35. The molecule has 0 radical (unpaired) electrons. The summed E-state index contributed by atoms with van der Waals surface area (Å²) in [5.41, 5.74) is 2.10. The zero-order chi connectivity index (χ0) is 27.3. The van der Waals surface area contributed by atoms with Gasteiger partial charge in [-0.3, -0.25) is 14.5 Å². The second-order valence-corrected chi connectivity index (χ2v) is 9.58. The van der Waals surface area contributed by atoms with Crippen LogP contribution in [0.3, 0.4) is 0 Å². The zero-order valence-electron chi connectivity index (χ0n) is 21.9. The molecule has 0 unspecified atom stereocenters. The number of carbonyl (C=O) groups excluding carboxylic acids is 3. The van der Waals surface area contributed by atoms with Gasteiger partial charge >= 0.3 is 5.97 Å². The number of esters is 1. The van der Waals surface area contributed by atoms with Crippen LogP contribution in [-0.4, -0.2) is 45.4 Å². The van der Waals surface area contributed by atoms with Crippen molar-refractivity contribution in [3.63, 3.8) is 0 Å². The summed E-state index contributed by atoms with van der Waals surface area (Å²) in [5, 5.41) is 11.4. The van der Waals surface area contributed by atoms with Crippen LogP contribution in [0.2, 0.25) is 0 Å². The number of nitrogens with one attached hydrogen (secondary N) is 1. The van der Waals surface area contributed by atoms with E-state index in [1.807, 2.05) is 63.2 Å². The van der Waals surface area contributed by atoms with Gasteiger partial charge < -0.3 is 10.1 Å². The van der Waals surface area contributed by atoms with Crippen LogP contribution in [0.4, 0.5) is 5.69 Å². The van der Waals surface area contributed by atoms with Crippen LogP contribution in [0.5, 0.6) is 0 Å². The molecule has 0 aliphatic rings. The molecular weight excluding hydrogens is 482 g/mol. The molecule has 9 heteroatoms. The van der Waals surface area contributed by atoms with Gasteiger partial charge in [0.25, 0.3) is 0 Å². The van der Waals surface area contributed by atoms with Crippen LogP contribution in [0, 0.1) is 0 Å². The Morgan fingerprint density at radius 2 is 1.71 bits per heavy atom. The Balaban J connectivity index is 1.84. The lowest BCUT2D eigenvalue weighted by Crippen LogP contribution is -2.51. The van der Waals surface area contributed by atoms with Crippen LogP contribution in [0.25, 0.3) is 11.0 Å². The van der Waals surface area contributed by atoms with Gasteiger partial charge in [0.1, 0.15) is 18.1 Å². The van der Waals surface area contributed by atoms with Gasteiger partial charge in [0.15, 0.2) is 0 Å². The minimum Gasteiger partial charge on any atom is -0.465 e. The Bertz CT molecular complexity index is 1450. The van der Waals surface area contributed by atoms with Crippen molar-refractivity contribution < 1.29 is 19.1 Å². The van der Waals surface area contributed by atoms with Gasteiger partial charge in [-0.1, -0.05) is 60.7 Å². The molecule has 3 aromatic carbocycles. The number of carbonyl (C=O) groups is 3. The first kappa shape index (κ1) is 26.5. The number of hydrogen-bond acceptors (Lipinski definition) is 6. The first-order valence-corrected chi connectivity index (χ1v) is 12.4. The van der Waals surface area contributed by atoms with E-state index in [0.29, 0.717) is 28.7 Å². The van der Waals surface area contributed by atoms with Crippen molar-refractivity contribution in [2.24, 2.45) is 0 Å². The van der Waals surface area contributed by atoms with Gasteiger partial charge in [-0.25, -0.2) is 9.48 Å². The molecule has 1 aromatic heterocycles. The smallest absolute Gasteiger partial charge is 0.337 e. The third kappa shape index (κ3) is 5.72. The summed E-state index contributed by atoms with van der Waals surface area (Å²) in [5.74, 6) is -1.29. The molecule has 0 saturated heterocycles. The van der Waals surface area contributed by atoms with Crippen LogP contribution < -0.4 is 10.2 Å². The second kappa shape index (κ2) is 11.2. The average Bonchev–Trinajstić information content (AvgIpc) is 3.33. The van der Waals surface area contributed by atoms with Crippen LogP contribution >= 0.6 is 0 Å². The number of ether oxygens (including phenoxy) is 1. The van der Waals surface area contributed by atoms with Crippen molar-refractivity contribution in [1.82, 2.24) is 20.3 Å². The van der Waals surface area contributed by atoms with Crippen LogP contribution in [0.15, 0.2) is 78.9 Å². The SMILES string of the molecule is CCC(C)(C)NC(=O)[C@@H](c1ccccc1)N(C(=O)Cn1nnc2ccccc21)c1cccc(C(=O)OC)c1. The highest BCUT2D eigenvalue weighted by molar-refractivity contribution is 6.02. The van der Waals surface area contributed by atoms with Crippen molar-refractivity contribution in [1.29, 1.82) is 0 Å². The van der Waals surface area contributed by atoms with E-state index in [1.165, 1.54) is 16.7 Å². The fraction of sp³-hybridized carbons (Fsp3) is 0.276. The fourth-order valence-electron chi connectivity index (χ4n) is 4.12. The molecule has 1 N–H and O–H groups in total. The van der Waals surface area contributed by atoms with E-state index >= 15 is 0 Å². The second-order valence-electron chi connectivity index (χ2n) is 9.58. The summed E-state index contributed by atoms with van der Waals surface area (Å²) in [6.07, 6.45) is 0.691. The number of hydrogen-bond donors (Lipinski definition) is 1. The minimum atomic E-state index is -1.02. The third-order valence-corrected chi connectivity index (χ3v) is 6.49. The topological polar surface area (TPSA) is 106 Å². The van der Waals surface area contributed by atoms with E-state index in [0.717, 1.165) is 0 Å². The molecule has 9 nitrogen and oxygen atoms in total. The molecule has 0 saturated carbocycles. The Kier molecular flexibility index (Phi) is 7.85. The zero-order valence-corrected chi connectivity index (χ0v) is 21.9.